The molecule has 1 rings (SSSR count). The van der Waals surface area contributed by atoms with Crippen LogP contribution in [0, 0.1) is 6.92 Å². The van der Waals surface area contributed by atoms with Crippen LogP contribution in [0.25, 0.3) is 0 Å². The summed E-state index contributed by atoms with van der Waals surface area (Å²) < 4.78 is 10.1. The second-order valence-corrected chi connectivity index (χ2v) is 3.92. The first kappa shape index (κ1) is 15.0. The van der Waals surface area contributed by atoms with Crippen LogP contribution in [-0.2, 0) is 9.53 Å². The summed E-state index contributed by atoms with van der Waals surface area (Å²) in [5.74, 6) is -0.923. The lowest BCUT2D eigenvalue weighted by atomic mass is 10.1. The Morgan fingerprint density at radius 1 is 1.37 bits per heavy atom. The molecule has 104 valence electrons. The number of nitrogens with one attached hydrogen (secondary N) is 1. The molecule has 19 heavy (non-hydrogen) atoms. The first-order chi connectivity index (χ1) is 9.04. The Morgan fingerprint density at radius 2 is 2.11 bits per heavy atom. The topological polar surface area (TPSA) is 84.9 Å². The third-order valence-electron chi connectivity index (χ3n) is 2.42. The lowest BCUT2D eigenvalue weighted by Gasteiger charge is -2.10. The van der Waals surface area contributed by atoms with E-state index in [1.165, 1.54) is 12.1 Å². The van der Waals surface area contributed by atoms with Gasteiger partial charge in [-0.15, -0.1) is 0 Å². The molecule has 2 N–H and O–H groups in total. The van der Waals surface area contributed by atoms with E-state index >= 15 is 0 Å². The van der Waals surface area contributed by atoms with Crippen LogP contribution in [0.3, 0.4) is 0 Å². The highest BCUT2D eigenvalue weighted by molar-refractivity contribution is 5.88. The number of carboxylic acids is 1. The van der Waals surface area contributed by atoms with Crippen molar-refractivity contribution >= 4 is 11.9 Å². The average Bonchev–Trinajstić information content (AvgIpc) is 2.37. The fourth-order valence-electron chi connectivity index (χ4n) is 1.38. The van der Waals surface area contributed by atoms with E-state index < -0.39 is 5.97 Å². The Hall–Kier alpha value is -2.08. The molecule has 0 saturated heterocycles. The third-order valence-corrected chi connectivity index (χ3v) is 2.42. The van der Waals surface area contributed by atoms with Gasteiger partial charge in [0.1, 0.15) is 5.75 Å². The molecule has 1 amide bonds. The highest BCUT2D eigenvalue weighted by Crippen LogP contribution is 2.19. The van der Waals surface area contributed by atoms with Crippen LogP contribution >= 0.6 is 0 Å². The lowest BCUT2D eigenvalue weighted by Crippen LogP contribution is -2.31. The van der Waals surface area contributed by atoms with Gasteiger partial charge in [-0.2, -0.15) is 0 Å². The van der Waals surface area contributed by atoms with Crippen molar-refractivity contribution in [3.05, 3.63) is 29.3 Å². The minimum atomic E-state index is -1.03. The molecule has 0 fully saturated rings. The summed E-state index contributed by atoms with van der Waals surface area (Å²) in [4.78, 5) is 22.2. The Kier molecular flexibility index (Phi) is 5.81. The van der Waals surface area contributed by atoms with E-state index in [1.54, 1.807) is 20.1 Å². The smallest absolute Gasteiger partial charge is 0.335 e. The van der Waals surface area contributed by atoms with E-state index in [4.69, 9.17) is 14.6 Å². The molecule has 0 aliphatic rings. The number of hydrogen-bond acceptors (Lipinski definition) is 4. The second-order valence-electron chi connectivity index (χ2n) is 3.92. The van der Waals surface area contributed by atoms with Crippen molar-refractivity contribution in [3.8, 4) is 5.75 Å². The van der Waals surface area contributed by atoms with Crippen LogP contribution in [0.1, 0.15) is 15.9 Å². The molecular formula is C13H17NO5. The molecule has 0 saturated carbocycles. The molecule has 0 aromatic heterocycles. The molecular weight excluding hydrogens is 250 g/mol. The fourth-order valence-corrected chi connectivity index (χ4v) is 1.38. The predicted molar refractivity (Wildman–Crippen MR) is 68.5 cm³/mol. The molecule has 0 radical (unpaired) electrons. The van der Waals surface area contributed by atoms with Gasteiger partial charge < -0.3 is 19.9 Å². The Bertz CT molecular complexity index is 458. The molecule has 0 aliphatic carbocycles. The molecule has 6 nitrogen and oxygen atoms in total. The number of carbonyl (C=O) groups excluding carboxylic acids is 1. The maximum atomic E-state index is 11.4. The van der Waals surface area contributed by atoms with Gasteiger partial charge in [0.05, 0.1) is 12.2 Å². The van der Waals surface area contributed by atoms with E-state index in [0.717, 1.165) is 5.56 Å². The molecule has 0 spiro atoms. The minimum Gasteiger partial charge on any atom is -0.483 e. The van der Waals surface area contributed by atoms with Crippen molar-refractivity contribution < 1.29 is 24.2 Å². The van der Waals surface area contributed by atoms with Gasteiger partial charge in [-0.05, 0) is 24.6 Å². The number of hydrogen-bond donors (Lipinski definition) is 2. The number of ether oxygens (including phenoxy) is 2. The van der Waals surface area contributed by atoms with Crippen molar-refractivity contribution in [1.29, 1.82) is 0 Å². The quantitative estimate of drug-likeness (QED) is 0.715. The summed E-state index contributed by atoms with van der Waals surface area (Å²) in [7, 11) is 1.55. The van der Waals surface area contributed by atoms with E-state index in [2.05, 4.69) is 5.32 Å². The SMILES string of the molecule is COCCNC(=O)COc1cc(C(=O)O)ccc1C. The molecule has 1 aromatic rings. The third kappa shape index (κ3) is 4.97. The minimum absolute atomic E-state index is 0.125. The summed E-state index contributed by atoms with van der Waals surface area (Å²) >= 11 is 0. The normalized spacial score (nSPS) is 10.0. The molecule has 0 atom stereocenters. The number of methoxy groups -OCH3 is 1. The number of aryl methyl sites for hydroxylation is 1. The van der Waals surface area contributed by atoms with Crippen molar-refractivity contribution in [2.75, 3.05) is 26.9 Å². The first-order valence-electron chi connectivity index (χ1n) is 5.77. The predicted octanol–water partition coefficient (Wildman–Crippen LogP) is 0.835. The van der Waals surface area contributed by atoms with E-state index in [0.29, 0.717) is 18.9 Å². The number of amides is 1. The number of aromatic carboxylic acids is 1. The van der Waals surface area contributed by atoms with Crippen molar-refractivity contribution in [2.24, 2.45) is 0 Å². The number of carboxylic acid groups (broad SMARTS) is 1. The van der Waals surface area contributed by atoms with Gasteiger partial charge in [0.15, 0.2) is 6.61 Å². The standard InChI is InChI=1S/C13H17NO5/c1-9-3-4-10(13(16)17)7-11(9)19-8-12(15)14-5-6-18-2/h3-4,7H,5-6,8H2,1-2H3,(H,14,15)(H,16,17). The van der Waals surface area contributed by atoms with Gasteiger partial charge in [-0.3, -0.25) is 4.79 Å². The van der Waals surface area contributed by atoms with Crippen molar-refractivity contribution in [2.45, 2.75) is 6.92 Å². The van der Waals surface area contributed by atoms with E-state index in [9.17, 15) is 9.59 Å². The molecule has 0 heterocycles. The molecule has 0 unspecified atom stereocenters. The Morgan fingerprint density at radius 3 is 2.74 bits per heavy atom. The largest absolute Gasteiger partial charge is 0.483 e. The maximum Gasteiger partial charge on any atom is 0.335 e. The molecule has 1 aromatic carbocycles. The summed E-state index contributed by atoms with van der Waals surface area (Å²) in [6.07, 6.45) is 0. The maximum absolute atomic E-state index is 11.4. The zero-order valence-electron chi connectivity index (χ0n) is 10.9. The molecule has 0 bridgehead atoms. The number of carbonyl (C=O) groups is 2. The first-order valence-corrected chi connectivity index (χ1v) is 5.77. The van der Waals surface area contributed by atoms with E-state index in [-0.39, 0.29) is 18.1 Å². The van der Waals surface area contributed by atoms with Crippen LogP contribution < -0.4 is 10.1 Å². The number of benzene rings is 1. The summed E-state index contributed by atoms with van der Waals surface area (Å²) in [5.41, 5.74) is 0.898. The fraction of sp³-hybridized carbons (Fsp3) is 0.385. The summed E-state index contributed by atoms with van der Waals surface area (Å²) in [6, 6.07) is 4.53. The van der Waals surface area contributed by atoms with Crippen LogP contribution in [-0.4, -0.2) is 43.9 Å². The van der Waals surface area contributed by atoms with Crippen molar-refractivity contribution in [3.63, 3.8) is 0 Å². The van der Waals surface area contributed by atoms with Crippen molar-refractivity contribution in [1.82, 2.24) is 5.32 Å². The lowest BCUT2D eigenvalue weighted by molar-refractivity contribution is -0.123. The average molecular weight is 267 g/mol. The summed E-state index contributed by atoms with van der Waals surface area (Å²) in [5, 5.41) is 11.5. The van der Waals surface area contributed by atoms with Gasteiger partial charge >= 0.3 is 5.97 Å². The second kappa shape index (κ2) is 7.38. The van der Waals surface area contributed by atoms with Crippen LogP contribution in [0.15, 0.2) is 18.2 Å². The van der Waals surface area contributed by atoms with Gasteiger partial charge in [-0.25, -0.2) is 4.79 Å². The Balaban J connectivity index is 2.54. The zero-order valence-corrected chi connectivity index (χ0v) is 10.9. The summed E-state index contributed by atoms with van der Waals surface area (Å²) in [6.45, 7) is 2.46. The Labute approximate surface area is 111 Å². The number of rotatable bonds is 7. The van der Waals surface area contributed by atoms with Crippen LogP contribution in [0.5, 0.6) is 5.75 Å². The van der Waals surface area contributed by atoms with Gasteiger partial charge in [-0.1, -0.05) is 6.07 Å². The van der Waals surface area contributed by atoms with E-state index in [1.807, 2.05) is 0 Å². The van der Waals surface area contributed by atoms with Crippen LogP contribution in [0.4, 0.5) is 0 Å². The van der Waals surface area contributed by atoms with Gasteiger partial charge in [0, 0.05) is 13.7 Å². The molecule has 6 heteroatoms. The molecule has 0 aliphatic heterocycles. The van der Waals surface area contributed by atoms with Crippen LogP contribution in [0.2, 0.25) is 0 Å². The highest BCUT2D eigenvalue weighted by atomic mass is 16.5. The van der Waals surface area contributed by atoms with Gasteiger partial charge in [0.2, 0.25) is 0 Å². The zero-order chi connectivity index (χ0) is 14.3. The monoisotopic (exact) mass is 267 g/mol. The van der Waals surface area contributed by atoms with Gasteiger partial charge in [0.25, 0.3) is 5.91 Å². The highest BCUT2D eigenvalue weighted by Gasteiger charge is 2.08.